The maximum absolute atomic E-state index is 13.2. The van der Waals surface area contributed by atoms with Gasteiger partial charge >= 0.3 is 0 Å². The summed E-state index contributed by atoms with van der Waals surface area (Å²) in [7, 11) is 0. The van der Waals surface area contributed by atoms with Gasteiger partial charge in [-0.25, -0.2) is 4.39 Å². The molecular weight excluding hydrogens is 339 g/mol. The lowest BCUT2D eigenvalue weighted by atomic mass is 9.94. The lowest BCUT2D eigenvalue weighted by Gasteiger charge is -2.29. The minimum absolute atomic E-state index is 0.0745. The van der Waals surface area contributed by atoms with Crippen molar-refractivity contribution in [2.75, 3.05) is 19.6 Å². The first-order valence-corrected chi connectivity index (χ1v) is 9.93. The molecule has 2 aromatic carbocycles. The number of halogens is 1. The normalized spacial score (nSPS) is 19.6. The maximum atomic E-state index is 13.2. The molecule has 1 atom stereocenters. The van der Waals surface area contributed by atoms with Gasteiger partial charge < -0.3 is 5.32 Å². The summed E-state index contributed by atoms with van der Waals surface area (Å²) in [5.74, 6) is -0.186. The molecule has 142 valence electrons. The van der Waals surface area contributed by atoms with E-state index in [4.69, 9.17) is 0 Å². The number of rotatable bonds is 6. The molecule has 3 nitrogen and oxygen atoms in total. The summed E-state index contributed by atoms with van der Waals surface area (Å²) < 4.78 is 13.2. The number of hydrogen-bond acceptors (Lipinski definition) is 2. The highest BCUT2D eigenvalue weighted by atomic mass is 19.1. The van der Waals surface area contributed by atoms with Crippen molar-refractivity contribution in [3.8, 4) is 0 Å². The highest BCUT2D eigenvalue weighted by molar-refractivity contribution is 5.91. The Morgan fingerprint density at radius 3 is 2.30 bits per heavy atom. The zero-order valence-electron chi connectivity index (χ0n) is 15.9. The second-order valence-electron chi connectivity index (χ2n) is 7.97. The van der Waals surface area contributed by atoms with Gasteiger partial charge in [0.25, 0.3) is 0 Å². The van der Waals surface area contributed by atoms with E-state index < -0.39 is 5.41 Å². The SMILES string of the molecule is Cc1ccc(C(CNC(=O)C2(c3ccc(F)cc3)CC2)N2CCCC2)cc1. The molecule has 1 heterocycles. The van der Waals surface area contributed by atoms with Crippen molar-refractivity contribution in [3.05, 3.63) is 71.0 Å². The molecule has 0 radical (unpaired) electrons. The summed E-state index contributed by atoms with van der Waals surface area (Å²) in [4.78, 5) is 15.5. The fourth-order valence-electron chi connectivity index (χ4n) is 4.20. The number of likely N-dealkylation sites (tertiary alicyclic amines) is 1. The molecule has 4 rings (SSSR count). The Morgan fingerprint density at radius 2 is 1.70 bits per heavy atom. The van der Waals surface area contributed by atoms with E-state index in [1.165, 1.54) is 36.1 Å². The Balaban J connectivity index is 1.48. The number of aryl methyl sites for hydroxylation is 1. The van der Waals surface area contributed by atoms with Crippen LogP contribution in [0.3, 0.4) is 0 Å². The summed E-state index contributed by atoms with van der Waals surface area (Å²) in [6.07, 6.45) is 4.11. The van der Waals surface area contributed by atoms with Crippen LogP contribution in [-0.2, 0) is 10.2 Å². The fourth-order valence-corrected chi connectivity index (χ4v) is 4.20. The standard InChI is InChI=1S/C23H27FN2O/c1-17-4-6-18(7-5-17)21(26-14-2-3-15-26)16-25-22(27)23(12-13-23)19-8-10-20(24)11-9-19/h4-11,21H,2-3,12-16H2,1H3,(H,25,27). The number of nitrogens with one attached hydrogen (secondary N) is 1. The smallest absolute Gasteiger partial charge is 0.230 e. The third-order valence-electron chi connectivity index (χ3n) is 6.08. The molecule has 1 aliphatic heterocycles. The second kappa shape index (κ2) is 7.43. The summed E-state index contributed by atoms with van der Waals surface area (Å²) in [6, 6.07) is 15.2. The zero-order valence-corrected chi connectivity index (χ0v) is 15.9. The van der Waals surface area contributed by atoms with Crippen LogP contribution in [0.5, 0.6) is 0 Å². The maximum Gasteiger partial charge on any atom is 0.230 e. The molecule has 0 bridgehead atoms. The molecule has 1 N–H and O–H groups in total. The van der Waals surface area contributed by atoms with E-state index in [2.05, 4.69) is 41.4 Å². The van der Waals surface area contributed by atoms with Gasteiger partial charge in [-0.1, -0.05) is 42.0 Å². The first-order chi connectivity index (χ1) is 13.1. The molecule has 27 heavy (non-hydrogen) atoms. The summed E-state index contributed by atoms with van der Waals surface area (Å²) >= 11 is 0. The van der Waals surface area contributed by atoms with E-state index >= 15 is 0 Å². The van der Waals surface area contributed by atoms with Gasteiger partial charge in [-0.2, -0.15) is 0 Å². The van der Waals surface area contributed by atoms with Crippen LogP contribution in [0.1, 0.15) is 48.4 Å². The molecule has 4 heteroatoms. The van der Waals surface area contributed by atoms with E-state index in [9.17, 15) is 9.18 Å². The Bertz CT molecular complexity index is 790. The van der Waals surface area contributed by atoms with E-state index in [1.807, 2.05) is 0 Å². The van der Waals surface area contributed by atoms with Crippen LogP contribution in [0.4, 0.5) is 4.39 Å². The van der Waals surface area contributed by atoms with Crippen molar-refractivity contribution in [1.82, 2.24) is 10.2 Å². The van der Waals surface area contributed by atoms with Crippen molar-refractivity contribution < 1.29 is 9.18 Å². The molecule has 0 aromatic heterocycles. The van der Waals surface area contributed by atoms with Gasteiger partial charge in [0.2, 0.25) is 5.91 Å². The van der Waals surface area contributed by atoms with Crippen LogP contribution in [0.15, 0.2) is 48.5 Å². The third kappa shape index (κ3) is 3.77. The van der Waals surface area contributed by atoms with Crippen molar-refractivity contribution in [2.24, 2.45) is 0 Å². The van der Waals surface area contributed by atoms with Crippen molar-refractivity contribution in [2.45, 2.75) is 44.1 Å². The second-order valence-corrected chi connectivity index (χ2v) is 7.97. The molecule has 1 saturated heterocycles. The highest BCUT2D eigenvalue weighted by Gasteiger charge is 2.51. The van der Waals surface area contributed by atoms with E-state index in [0.717, 1.165) is 31.5 Å². The van der Waals surface area contributed by atoms with Gasteiger partial charge in [-0.15, -0.1) is 0 Å². The quantitative estimate of drug-likeness (QED) is 0.834. The first kappa shape index (κ1) is 18.2. The first-order valence-electron chi connectivity index (χ1n) is 9.93. The Hall–Kier alpha value is -2.20. The van der Waals surface area contributed by atoms with Gasteiger partial charge in [-0.05, 0) is 69.0 Å². The molecule has 1 amide bonds. The van der Waals surface area contributed by atoms with E-state index in [1.54, 1.807) is 12.1 Å². The third-order valence-corrected chi connectivity index (χ3v) is 6.08. The van der Waals surface area contributed by atoms with Crippen LogP contribution < -0.4 is 5.32 Å². The Morgan fingerprint density at radius 1 is 1.07 bits per heavy atom. The predicted octanol–water partition coefficient (Wildman–Crippen LogP) is 4.12. The predicted molar refractivity (Wildman–Crippen MR) is 105 cm³/mol. The van der Waals surface area contributed by atoms with Gasteiger partial charge in [0, 0.05) is 6.54 Å². The molecule has 1 unspecified atom stereocenters. The van der Waals surface area contributed by atoms with Gasteiger partial charge in [0.15, 0.2) is 0 Å². The molecule has 2 fully saturated rings. The van der Waals surface area contributed by atoms with Crippen molar-refractivity contribution in [3.63, 3.8) is 0 Å². The van der Waals surface area contributed by atoms with Crippen molar-refractivity contribution >= 4 is 5.91 Å². The average molecular weight is 366 g/mol. The van der Waals surface area contributed by atoms with Crippen LogP contribution >= 0.6 is 0 Å². The average Bonchev–Trinajstić information content (AvgIpc) is 3.31. The molecule has 0 spiro atoms. The summed E-state index contributed by atoms with van der Waals surface area (Å²) in [6.45, 7) is 4.87. The molecular formula is C23H27FN2O. The number of amides is 1. The molecule has 2 aromatic rings. The Kier molecular flexibility index (Phi) is 5.00. The number of carbonyl (C=O) groups is 1. The molecule has 1 saturated carbocycles. The van der Waals surface area contributed by atoms with E-state index in [0.29, 0.717) is 6.54 Å². The number of hydrogen-bond donors (Lipinski definition) is 1. The minimum Gasteiger partial charge on any atom is -0.353 e. The number of benzene rings is 2. The lowest BCUT2D eigenvalue weighted by molar-refractivity contribution is -0.123. The fraction of sp³-hybridized carbons (Fsp3) is 0.435. The Labute approximate surface area is 160 Å². The van der Waals surface area contributed by atoms with Crippen molar-refractivity contribution in [1.29, 1.82) is 0 Å². The lowest BCUT2D eigenvalue weighted by Crippen LogP contribution is -2.41. The molecule has 2 aliphatic rings. The highest BCUT2D eigenvalue weighted by Crippen LogP contribution is 2.48. The van der Waals surface area contributed by atoms with Gasteiger partial charge in [0.05, 0.1) is 11.5 Å². The largest absolute Gasteiger partial charge is 0.353 e. The van der Waals surface area contributed by atoms with Gasteiger partial charge in [-0.3, -0.25) is 9.69 Å². The number of carbonyl (C=O) groups excluding carboxylic acids is 1. The van der Waals surface area contributed by atoms with Crippen LogP contribution in [0.25, 0.3) is 0 Å². The summed E-state index contributed by atoms with van der Waals surface area (Å²) in [5, 5.41) is 3.21. The van der Waals surface area contributed by atoms with Crippen LogP contribution in [0.2, 0.25) is 0 Å². The summed E-state index contributed by atoms with van der Waals surface area (Å²) in [5.41, 5.74) is 2.97. The zero-order chi connectivity index (χ0) is 18.9. The number of nitrogens with zero attached hydrogens (tertiary/aromatic N) is 1. The van der Waals surface area contributed by atoms with E-state index in [-0.39, 0.29) is 17.8 Å². The molecule has 1 aliphatic carbocycles. The van der Waals surface area contributed by atoms with Crippen LogP contribution in [0, 0.1) is 12.7 Å². The minimum atomic E-state index is -0.462. The van der Waals surface area contributed by atoms with Crippen LogP contribution in [-0.4, -0.2) is 30.4 Å². The van der Waals surface area contributed by atoms with Gasteiger partial charge in [0.1, 0.15) is 5.82 Å². The topological polar surface area (TPSA) is 32.3 Å². The monoisotopic (exact) mass is 366 g/mol.